The van der Waals surface area contributed by atoms with Crippen LogP contribution in [0.15, 0.2) is 30.3 Å². The van der Waals surface area contributed by atoms with Crippen molar-refractivity contribution in [3.63, 3.8) is 0 Å². The first kappa shape index (κ1) is 17.0. The number of aliphatic carboxylic acids is 1. The van der Waals surface area contributed by atoms with E-state index < -0.39 is 12.0 Å². The molecule has 130 valence electrons. The van der Waals surface area contributed by atoms with Crippen molar-refractivity contribution in [1.82, 2.24) is 10.2 Å². The standard InChI is InChI=1S/C19H26N2O3/c1-19(2)9-6-10-21(12-19)17(22)14-11-15(18(23)24)20-16(14)13-7-4-3-5-8-13/h3-5,7-8,14-16,20H,6,9-12H2,1-2H3,(H,23,24)/p-1. The molecular formula is C19H25N2O3-. The zero-order chi connectivity index (χ0) is 17.3. The van der Waals surface area contributed by atoms with Crippen molar-refractivity contribution in [1.29, 1.82) is 0 Å². The van der Waals surface area contributed by atoms with Gasteiger partial charge in [0.1, 0.15) is 0 Å². The maximum atomic E-state index is 13.1. The summed E-state index contributed by atoms with van der Waals surface area (Å²) in [4.78, 5) is 26.4. The van der Waals surface area contributed by atoms with Gasteiger partial charge < -0.3 is 20.1 Å². The van der Waals surface area contributed by atoms with Crippen LogP contribution in [-0.4, -0.2) is 35.9 Å². The first-order valence-electron chi connectivity index (χ1n) is 8.68. The maximum absolute atomic E-state index is 13.1. The lowest BCUT2D eigenvalue weighted by Gasteiger charge is -2.39. The van der Waals surface area contributed by atoms with Gasteiger partial charge in [-0.3, -0.25) is 4.79 Å². The number of carboxylic acids is 1. The topological polar surface area (TPSA) is 72.5 Å². The number of rotatable bonds is 3. The number of nitrogens with zero attached hydrogens (tertiary/aromatic N) is 1. The number of nitrogens with one attached hydrogen (secondary N) is 1. The molecule has 3 unspecified atom stereocenters. The van der Waals surface area contributed by atoms with Gasteiger partial charge in [0.15, 0.2) is 0 Å². The number of carboxylic acid groups (broad SMARTS) is 1. The minimum atomic E-state index is -1.13. The molecule has 0 radical (unpaired) electrons. The Bertz CT molecular complexity index is 614. The molecule has 0 saturated carbocycles. The summed E-state index contributed by atoms with van der Waals surface area (Å²) in [6.45, 7) is 5.85. The quantitative estimate of drug-likeness (QED) is 0.901. The number of amides is 1. The molecule has 0 aromatic heterocycles. The summed E-state index contributed by atoms with van der Waals surface area (Å²) < 4.78 is 0. The van der Waals surface area contributed by atoms with Gasteiger partial charge >= 0.3 is 0 Å². The van der Waals surface area contributed by atoms with E-state index in [1.165, 1.54) is 0 Å². The SMILES string of the molecule is CC1(C)CCCN(C(=O)C2CC(C(=O)[O-])NC2c2ccccc2)C1. The summed E-state index contributed by atoms with van der Waals surface area (Å²) in [6, 6.07) is 8.57. The van der Waals surface area contributed by atoms with Gasteiger partial charge in [0.05, 0.1) is 11.9 Å². The molecule has 2 fully saturated rings. The Kier molecular flexibility index (Phi) is 4.63. The van der Waals surface area contributed by atoms with Crippen molar-refractivity contribution in [3.05, 3.63) is 35.9 Å². The largest absolute Gasteiger partial charge is 0.548 e. The molecule has 24 heavy (non-hydrogen) atoms. The summed E-state index contributed by atoms with van der Waals surface area (Å²) in [7, 11) is 0. The average Bonchev–Trinajstić information content (AvgIpc) is 2.99. The van der Waals surface area contributed by atoms with Crippen molar-refractivity contribution in [3.8, 4) is 0 Å². The third-order valence-corrected chi connectivity index (χ3v) is 5.25. The first-order chi connectivity index (χ1) is 11.4. The Morgan fingerprint density at radius 1 is 1.25 bits per heavy atom. The van der Waals surface area contributed by atoms with Crippen LogP contribution in [0.2, 0.25) is 0 Å². The van der Waals surface area contributed by atoms with E-state index >= 15 is 0 Å². The van der Waals surface area contributed by atoms with Gasteiger partial charge in [0.2, 0.25) is 5.91 Å². The fourth-order valence-corrected chi connectivity index (χ4v) is 4.03. The van der Waals surface area contributed by atoms with Crippen LogP contribution in [0.25, 0.3) is 0 Å². The molecule has 2 saturated heterocycles. The molecule has 5 heteroatoms. The van der Waals surface area contributed by atoms with Gasteiger partial charge in [-0.2, -0.15) is 0 Å². The van der Waals surface area contributed by atoms with Crippen molar-refractivity contribution in [2.75, 3.05) is 13.1 Å². The summed E-state index contributed by atoms with van der Waals surface area (Å²) in [6.07, 6.45) is 2.40. The maximum Gasteiger partial charge on any atom is 0.227 e. The molecule has 0 aliphatic carbocycles. The Morgan fingerprint density at radius 2 is 1.96 bits per heavy atom. The highest BCUT2D eigenvalue weighted by molar-refractivity contribution is 5.83. The molecule has 0 bridgehead atoms. The van der Waals surface area contributed by atoms with Gasteiger partial charge in [0.25, 0.3) is 0 Å². The lowest BCUT2D eigenvalue weighted by atomic mass is 9.83. The highest BCUT2D eigenvalue weighted by Gasteiger charge is 2.42. The molecule has 1 aromatic carbocycles. The van der Waals surface area contributed by atoms with Crippen LogP contribution >= 0.6 is 0 Å². The van der Waals surface area contributed by atoms with Gasteiger partial charge in [0, 0.05) is 25.2 Å². The van der Waals surface area contributed by atoms with Crippen LogP contribution < -0.4 is 10.4 Å². The highest BCUT2D eigenvalue weighted by Crippen LogP contribution is 2.36. The molecule has 1 aromatic rings. The number of carbonyl (C=O) groups excluding carboxylic acids is 2. The highest BCUT2D eigenvalue weighted by atomic mass is 16.4. The van der Waals surface area contributed by atoms with E-state index in [4.69, 9.17) is 0 Å². The van der Waals surface area contributed by atoms with Crippen LogP contribution in [0.4, 0.5) is 0 Å². The number of hydrogen-bond donors (Lipinski definition) is 1. The monoisotopic (exact) mass is 329 g/mol. The molecule has 1 amide bonds. The lowest BCUT2D eigenvalue weighted by Crippen LogP contribution is -2.46. The molecule has 3 rings (SSSR count). The fraction of sp³-hybridized carbons (Fsp3) is 0.579. The van der Waals surface area contributed by atoms with Crippen molar-refractivity contribution in [2.24, 2.45) is 11.3 Å². The van der Waals surface area contributed by atoms with E-state index in [-0.39, 0.29) is 29.7 Å². The van der Waals surface area contributed by atoms with E-state index in [0.29, 0.717) is 0 Å². The average molecular weight is 329 g/mol. The number of hydrogen-bond acceptors (Lipinski definition) is 4. The van der Waals surface area contributed by atoms with Crippen LogP contribution in [0, 0.1) is 11.3 Å². The minimum Gasteiger partial charge on any atom is -0.548 e. The summed E-state index contributed by atoms with van der Waals surface area (Å²) >= 11 is 0. The molecule has 3 atom stereocenters. The Morgan fingerprint density at radius 3 is 2.58 bits per heavy atom. The van der Waals surface area contributed by atoms with Crippen molar-refractivity contribution in [2.45, 2.75) is 45.2 Å². The molecule has 5 nitrogen and oxygen atoms in total. The normalized spacial score (nSPS) is 29.4. The summed E-state index contributed by atoms with van der Waals surface area (Å²) in [5, 5.41) is 14.4. The zero-order valence-corrected chi connectivity index (χ0v) is 14.3. The molecular weight excluding hydrogens is 304 g/mol. The van der Waals surface area contributed by atoms with Crippen LogP contribution in [-0.2, 0) is 9.59 Å². The molecule has 0 spiro atoms. The second-order valence-corrected chi connectivity index (χ2v) is 7.80. The smallest absolute Gasteiger partial charge is 0.227 e. The molecule has 2 heterocycles. The fourth-order valence-electron chi connectivity index (χ4n) is 4.03. The van der Waals surface area contributed by atoms with Gasteiger partial charge in [-0.25, -0.2) is 0 Å². The number of likely N-dealkylation sites (tertiary alicyclic amines) is 1. The van der Waals surface area contributed by atoms with Crippen molar-refractivity contribution >= 4 is 11.9 Å². The third kappa shape index (κ3) is 3.46. The van der Waals surface area contributed by atoms with Crippen LogP contribution in [0.5, 0.6) is 0 Å². The summed E-state index contributed by atoms with van der Waals surface area (Å²) in [5.41, 5.74) is 1.08. The summed E-state index contributed by atoms with van der Waals surface area (Å²) in [5.74, 6) is -1.43. The zero-order valence-electron chi connectivity index (χ0n) is 14.3. The lowest BCUT2D eigenvalue weighted by molar-refractivity contribution is -0.308. The van der Waals surface area contributed by atoms with Gasteiger partial charge in [-0.15, -0.1) is 0 Å². The number of piperidine rings is 1. The number of carbonyl (C=O) groups is 2. The van der Waals surface area contributed by atoms with Gasteiger partial charge in [-0.05, 0) is 30.2 Å². The van der Waals surface area contributed by atoms with E-state index in [0.717, 1.165) is 31.5 Å². The van der Waals surface area contributed by atoms with Gasteiger partial charge in [-0.1, -0.05) is 44.2 Å². The molecule has 2 aliphatic heterocycles. The predicted octanol–water partition coefficient (Wildman–Crippen LogP) is 1.10. The van der Waals surface area contributed by atoms with E-state index in [1.807, 2.05) is 35.2 Å². The number of benzene rings is 1. The van der Waals surface area contributed by atoms with E-state index in [1.54, 1.807) is 0 Å². The first-order valence-corrected chi connectivity index (χ1v) is 8.68. The second-order valence-electron chi connectivity index (χ2n) is 7.80. The Balaban J connectivity index is 1.83. The third-order valence-electron chi connectivity index (χ3n) is 5.25. The van der Waals surface area contributed by atoms with Crippen LogP contribution in [0.3, 0.4) is 0 Å². The Labute approximate surface area is 143 Å². The second kappa shape index (κ2) is 6.55. The Hall–Kier alpha value is -1.88. The van der Waals surface area contributed by atoms with E-state index in [2.05, 4.69) is 19.2 Å². The minimum absolute atomic E-state index is 0.0629. The van der Waals surface area contributed by atoms with Crippen LogP contribution in [0.1, 0.15) is 44.7 Å². The van der Waals surface area contributed by atoms with Crippen molar-refractivity contribution < 1.29 is 14.7 Å². The molecule has 1 N–H and O–H groups in total. The van der Waals surface area contributed by atoms with E-state index in [9.17, 15) is 14.7 Å². The predicted molar refractivity (Wildman–Crippen MR) is 88.8 cm³/mol. The molecule has 2 aliphatic rings.